The van der Waals surface area contributed by atoms with Gasteiger partial charge >= 0.3 is 0 Å². The van der Waals surface area contributed by atoms with E-state index in [-0.39, 0.29) is 0 Å². The number of hydrogen-bond donors (Lipinski definition) is 1. The van der Waals surface area contributed by atoms with Gasteiger partial charge < -0.3 is 10.1 Å². The molecule has 0 aromatic carbocycles. The molecule has 102 valence electrons. The van der Waals surface area contributed by atoms with Crippen molar-refractivity contribution in [2.75, 3.05) is 13.2 Å². The molecule has 0 spiro atoms. The molecule has 0 aliphatic carbocycles. The van der Waals surface area contributed by atoms with Gasteiger partial charge in [0.1, 0.15) is 0 Å². The first-order valence-corrected chi connectivity index (χ1v) is 7.68. The smallest absolute Gasteiger partial charge is 0.0547 e. The normalized spacial score (nSPS) is 21.9. The summed E-state index contributed by atoms with van der Waals surface area (Å²) in [7, 11) is 0. The van der Waals surface area contributed by atoms with E-state index in [1.807, 2.05) is 0 Å². The Labute approximate surface area is 108 Å². The van der Waals surface area contributed by atoms with Crippen molar-refractivity contribution in [3.63, 3.8) is 0 Å². The second-order valence-corrected chi connectivity index (χ2v) is 5.47. The lowest BCUT2D eigenvalue weighted by molar-refractivity contribution is 0.0550. The van der Waals surface area contributed by atoms with E-state index in [0.717, 1.165) is 12.6 Å². The van der Waals surface area contributed by atoms with Crippen molar-refractivity contribution in [3.05, 3.63) is 0 Å². The quantitative estimate of drug-likeness (QED) is 0.586. The lowest BCUT2D eigenvalue weighted by Crippen LogP contribution is -2.21. The van der Waals surface area contributed by atoms with E-state index >= 15 is 0 Å². The van der Waals surface area contributed by atoms with Gasteiger partial charge in [-0.2, -0.15) is 0 Å². The zero-order valence-electron chi connectivity index (χ0n) is 11.8. The van der Waals surface area contributed by atoms with Crippen LogP contribution in [-0.2, 0) is 4.74 Å². The van der Waals surface area contributed by atoms with E-state index in [4.69, 9.17) is 4.74 Å². The van der Waals surface area contributed by atoms with Crippen LogP contribution < -0.4 is 5.32 Å². The largest absolute Gasteiger partial charge is 0.379 e. The molecule has 0 bridgehead atoms. The minimum atomic E-state index is 0.461. The van der Waals surface area contributed by atoms with Crippen LogP contribution in [0.1, 0.15) is 71.6 Å². The molecule has 2 atom stereocenters. The summed E-state index contributed by atoms with van der Waals surface area (Å²) >= 11 is 0. The predicted molar refractivity (Wildman–Crippen MR) is 74.4 cm³/mol. The van der Waals surface area contributed by atoms with Crippen molar-refractivity contribution in [3.8, 4) is 0 Å². The SMILES string of the molecule is CCCCCCC(C)OCCCC1CCCN1. The molecular weight excluding hydrogens is 210 g/mol. The summed E-state index contributed by atoms with van der Waals surface area (Å²) in [5.74, 6) is 0. The standard InChI is InChI=1S/C15H31NO/c1-3-4-5-6-9-14(2)17-13-8-11-15-10-7-12-16-15/h14-16H,3-13H2,1-2H3. The molecule has 2 nitrogen and oxygen atoms in total. The van der Waals surface area contributed by atoms with Crippen LogP contribution in [0.4, 0.5) is 0 Å². The molecule has 0 saturated carbocycles. The zero-order valence-corrected chi connectivity index (χ0v) is 11.8. The third kappa shape index (κ3) is 7.77. The third-order valence-electron chi connectivity index (χ3n) is 3.73. The molecule has 0 radical (unpaired) electrons. The van der Waals surface area contributed by atoms with Crippen molar-refractivity contribution in [1.29, 1.82) is 0 Å². The van der Waals surface area contributed by atoms with E-state index in [0.29, 0.717) is 6.10 Å². The second-order valence-electron chi connectivity index (χ2n) is 5.47. The monoisotopic (exact) mass is 241 g/mol. The number of nitrogens with one attached hydrogen (secondary N) is 1. The Morgan fingerprint density at radius 1 is 1.24 bits per heavy atom. The summed E-state index contributed by atoms with van der Waals surface area (Å²) in [5, 5.41) is 3.54. The molecule has 1 aliphatic rings. The lowest BCUT2D eigenvalue weighted by Gasteiger charge is -2.14. The number of rotatable bonds is 10. The highest BCUT2D eigenvalue weighted by Crippen LogP contribution is 2.12. The Hall–Kier alpha value is -0.0800. The molecule has 1 rings (SSSR count). The summed E-state index contributed by atoms with van der Waals surface area (Å²) in [6.45, 7) is 6.66. The summed E-state index contributed by atoms with van der Waals surface area (Å²) < 4.78 is 5.85. The molecule has 2 heteroatoms. The zero-order chi connectivity index (χ0) is 12.3. The van der Waals surface area contributed by atoms with Crippen molar-refractivity contribution in [2.24, 2.45) is 0 Å². The summed E-state index contributed by atoms with van der Waals surface area (Å²) in [6.07, 6.45) is 12.3. The van der Waals surface area contributed by atoms with E-state index < -0.39 is 0 Å². The molecular formula is C15H31NO. The van der Waals surface area contributed by atoms with Crippen LogP contribution in [-0.4, -0.2) is 25.3 Å². The number of hydrogen-bond acceptors (Lipinski definition) is 2. The average molecular weight is 241 g/mol. The highest BCUT2D eigenvalue weighted by Gasteiger charge is 2.13. The van der Waals surface area contributed by atoms with Crippen LogP contribution in [0, 0.1) is 0 Å². The minimum absolute atomic E-state index is 0.461. The fourth-order valence-electron chi connectivity index (χ4n) is 2.56. The average Bonchev–Trinajstić information content (AvgIpc) is 2.83. The van der Waals surface area contributed by atoms with Crippen LogP contribution in [0.5, 0.6) is 0 Å². The van der Waals surface area contributed by atoms with Crippen molar-refractivity contribution >= 4 is 0 Å². The first kappa shape index (κ1) is 15.0. The molecule has 0 aromatic rings. The van der Waals surface area contributed by atoms with Gasteiger partial charge in [-0.05, 0) is 45.6 Å². The summed E-state index contributed by atoms with van der Waals surface area (Å²) in [5.41, 5.74) is 0. The van der Waals surface area contributed by atoms with Crippen LogP contribution >= 0.6 is 0 Å². The molecule has 1 heterocycles. The van der Waals surface area contributed by atoms with Gasteiger partial charge in [-0.25, -0.2) is 0 Å². The van der Waals surface area contributed by atoms with Gasteiger partial charge in [-0.15, -0.1) is 0 Å². The number of ether oxygens (including phenoxy) is 1. The van der Waals surface area contributed by atoms with Gasteiger partial charge in [0.05, 0.1) is 6.10 Å². The molecule has 17 heavy (non-hydrogen) atoms. The first-order chi connectivity index (χ1) is 8.33. The third-order valence-corrected chi connectivity index (χ3v) is 3.73. The molecule has 1 saturated heterocycles. The highest BCUT2D eigenvalue weighted by atomic mass is 16.5. The maximum Gasteiger partial charge on any atom is 0.0547 e. The fraction of sp³-hybridized carbons (Fsp3) is 1.00. The molecule has 1 N–H and O–H groups in total. The molecule has 1 aliphatic heterocycles. The van der Waals surface area contributed by atoms with Crippen LogP contribution in [0.25, 0.3) is 0 Å². The lowest BCUT2D eigenvalue weighted by atomic mass is 10.1. The van der Waals surface area contributed by atoms with Gasteiger partial charge in [0.2, 0.25) is 0 Å². The highest BCUT2D eigenvalue weighted by molar-refractivity contribution is 4.73. The maximum absolute atomic E-state index is 5.85. The van der Waals surface area contributed by atoms with E-state index in [1.165, 1.54) is 64.3 Å². The van der Waals surface area contributed by atoms with E-state index in [9.17, 15) is 0 Å². The Balaban J connectivity index is 1.84. The maximum atomic E-state index is 5.85. The minimum Gasteiger partial charge on any atom is -0.379 e. The van der Waals surface area contributed by atoms with Gasteiger partial charge in [-0.1, -0.05) is 32.6 Å². The van der Waals surface area contributed by atoms with E-state index in [1.54, 1.807) is 0 Å². The van der Waals surface area contributed by atoms with Crippen molar-refractivity contribution in [2.45, 2.75) is 83.8 Å². The van der Waals surface area contributed by atoms with Crippen LogP contribution in [0.3, 0.4) is 0 Å². The van der Waals surface area contributed by atoms with Crippen LogP contribution in [0.2, 0.25) is 0 Å². The predicted octanol–water partition coefficient (Wildman–Crippen LogP) is 3.89. The second kappa shape index (κ2) is 9.90. The molecule has 0 aromatic heterocycles. The summed E-state index contributed by atoms with van der Waals surface area (Å²) in [4.78, 5) is 0. The van der Waals surface area contributed by atoms with Crippen LogP contribution in [0.15, 0.2) is 0 Å². The molecule has 0 amide bonds. The van der Waals surface area contributed by atoms with Crippen molar-refractivity contribution < 1.29 is 4.74 Å². The molecule has 1 fully saturated rings. The van der Waals surface area contributed by atoms with Gasteiger partial charge in [0, 0.05) is 12.6 Å². The Morgan fingerprint density at radius 2 is 2.12 bits per heavy atom. The fourth-order valence-corrected chi connectivity index (χ4v) is 2.56. The van der Waals surface area contributed by atoms with Crippen molar-refractivity contribution in [1.82, 2.24) is 5.32 Å². The Bertz CT molecular complexity index is 166. The molecule has 2 unspecified atom stereocenters. The van der Waals surface area contributed by atoms with Gasteiger partial charge in [0.15, 0.2) is 0 Å². The van der Waals surface area contributed by atoms with E-state index in [2.05, 4.69) is 19.2 Å². The number of unbranched alkanes of at least 4 members (excludes halogenated alkanes) is 3. The Morgan fingerprint density at radius 3 is 2.82 bits per heavy atom. The topological polar surface area (TPSA) is 21.3 Å². The van der Waals surface area contributed by atoms with Gasteiger partial charge in [-0.3, -0.25) is 0 Å². The summed E-state index contributed by atoms with van der Waals surface area (Å²) in [6, 6.07) is 0.776. The van der Waals surface area contributed by atoms with Gasteiger partial charge in [0.25, 0.3) is 0 Å². The first-order valence-electron chi connectivity index (χ1n) is 7.68. The Kier molecular flexibility index (Phi) is 8.72.